The molecule has 0 aromatic rings. The second-order valence-corrected chi connectivity index (χ2v) is 11.0. The van der Waals surface area contributed by atoms with Crippen molar-refractivity contribution in [3.8, 4) is 0 Å². The van der Waals surface area contributed by atoms with Crippen molar-refractivity contribution >= 4 is 29.1 Å². The number of ketones is 2. The van der Waals surface area contributed by atoms with Crippen LogP contribution >= 0.6 is 11.6 Å². The molecule has 0 amide bonds. The van der Waals surface area contributed by atoms with Crippen molar-refractivity contribution in [2.45, 2.75) is 84.4 Å². The van der Waals surface area contributed by atoms with Gasteiger partial charge in [0.15, 0.2) is 17.2 Å². The molecule has 0 aliphatic heterocycles. The van der Waals surface area contributed by atoms with Gasteiger partial charge in [-0.05, 0) is 66.9 Å². The van der Waals surface area contributed by atoms with Gasteiger partial charge in [0.1, 0.15) is 6.17 Å². The summed E-state index contributed by atoms with van der Waals surface area (Å²) in [5.41, 5.74) is -1.45. The zero-order valence-electron chi connectivity index (χ0n) is 19.0. The maximum absolute atomic E-state index is 15.5. The maximum Gasteiger partial charge on any atom is 0.306 e. The number of halogens is 2. The highest BCUT2D eigenvalue weighted by atomic mass is 35.5. The highest BCUT2D eigenvalue weighted by molar-refractivity contribution is 6.29. The summed E-state index contributed by atoms with van der Waals surface area (Å²) in [6.45, 7) is 7.90. The SMILES string of the molecule is CCC(=O)O[C@@]1(C(=O)CCl)[C@@H](C)C[C@H]2[C@@H]3C[C@H](F)C4=CC(=O)CC[C@]4(C)[C@H]3CC[C@@]21C. The molecule has 0 aromatic carbocycles. The predicted molar refractivity (Wildman–Crippen MR) is 116 cm³/mol. The molecule has 0 saturated heterocycles. The molecule has 0 aromatic heterocycles. The number of ether oxygens (including phenoxy) is 1. The van der Waals surface area contributed by atoms with Crippen molar-refractivity contribution in [2.24, 2.45) is 34.5 Å². The molecule has 0 bridgehead atoms. The molecule has 4 aliphatic carbocycles. The van der Waals surface area contributed by atoms with Crippen LogP contribution in [0.3, 0.4) is 0 Å². The lowest BCUT2D eigenvalue weighted by atomic mass is 9.46. The molecule has 0 spiro atoms. The van der Waals surface area contributed by atoms with E-state index in [1.54, 1.807) is 13.0 Å². The summed E-state index contributed by atoms with van der Waals surface area (Å²) in [6, 6.07) is 0. The molecule has 4 nitrogen and oxygen atoms in total. The number of esters is 1. The summed E-state index contributed by atoms with van der Waals surface area (Å²) in [4.78, 5) is 37.7. The number of Topliss-reactive ketones (excluding diaryl/α,β-unsaturated/α-hetero) is 1. The summed E-state index contributed by atoms with van der Waals surface area (Å²) in [6.07, 6.45) is 4.45. The first kappa shape index (κ1) is 22.9. The Hall–Kier alpha value is -1.23. The van der Waals surface area contributed by atoms with Crippen LogP contribution in [0.15, 0.2) is 11.6 Å². The maximum atomic E-state index is 15.5. The van der Waals surface area contributed by atoms with Crippen LogP contribution in [0, 0.1) is 34.5 Å². The zero-order chi connectivity index (χ0) is 22.8. The number of fused-ring (bicyclic) bond motifs is 5. The van der Waals surface area contributed by atoms with E-state index >= 15 is 4.39 Å². The number of hydrogen-bond acceptors (Lipinski definition) is 4. The van der Waals surface area contributed by atoms with Gasteiger partial charge in [-0.15, -0.1) is 11.6 Å². The number of carbonyl (C=O) groups is 3. The van der Waals surface area contributed by atoms with Gasteiger partial charge in [-0.1, -0.05) is 27.7 Å². The standard InChI is InChI=1S/C25H34ClFO4/c1-5-22(30)31-25(21(29)13-26)14(2)10-18-16-12-20(27)19-11-15(28)6-8-23(19,3)17(16)7-9-24(18,25)4/h11,14,16-18,20H,5-10,12-13H2,1-4H3/t14-,16+,17-,18-,20-,23+,24-,25+/m0/s1. The van der Waals surface area contributed by atoms with Crippen LogP contribution in [0.5, 0.6) is 0 Å². The number of hydrogen-bond donors (Lipinski definition) is 0. The van der Waals surface area contributed by atoms with Crippen LogP contribution in [-0.2, 0) is 19.1 Å². The van der Waals surface area contributed by atoms with Crippen molar-refractivity contribution in [3.05, 3.63) is 11.6 Å². The summed E-state index contributed by atoms with van der Waals surface area (Å²) >= 11 is 6.05. The Labute approximate surface area is 189 Å². The number of rotatable bonds is 4. The van der Waals surface area contributed by atoms with Crippen LogP contribution in [0.25, 0.3) is 0 Å². The van der Waals surface area contributed by atoms with E-state index in [0.29, 0.717) is 24.8 Å². The smallest absolute Gasteiger partial charge is 0.306 e. The van der Waals surface area contributed by atoms with E-state index in [1.165, 1.54) is 0 Å². The predicted octanol–water partition coefficient (Wildman–Crippen LogP) is 5.21. The average Bonchev–Trinajstić information content (AvgIpc) is 2.96. The summed E-state index contributed by atoms with van der Waals surface area (Å²) < 4.78 is 21.5. The Kier molecular flexibility index (Phi) is 5.68. The van der Waals surface area contributed by atoms with Gasteiger partial charge in [0.2, 0.25) is 0 Å². The number of alkyl halides is 2. The van der Waals surface area contributed by atoms with Crippen LogP contribution < -0.4 is 0 Å². The van der Waals surface area contributed by atoms with Gasteiger partial charge in [-0.25, -0.2) is 4.39 Å². The minimum Gasteiger partial charge on any atom is -0.450 e. The molecule has 172 valence electrons. The average molecular weight is 453 g/mol. The van der Waals surface area contributed by atoms with Crippen LogP contribution in [0.2, 0.25) is 0 Å². The van der Waals surface area contributed by atoms with Crippen molar-refractivity contribution in [2.75, 3.05) is 5.88 Å². The monoisotopic (exact) mass is 452 g/mol. The summed E-state index contributed by atoms with van der Waals surface area (Å²) in [5, 5.41) is 0. The third kappa shape index (κ3) is 3.01. The molecule has 0 unspecified atom stereocenters. The van der Waals surface area contributed by atoms with Crippen molar-refractivity contribution in [3.63, 3.8) is 0 Å². The van der Waals surface area contributed by atoms with Gasteiger partial charge < -0.3 is 4.74 Å². The Balaban J connectivity index is 1.77. The Bertz CT molecular complexity index is 839. The van der Waals surface area contributed by atoms with E-state index in [4.69, 9.17) is 16.3 Å². The van der Waals surface area contributed by atoms with Crippen molar-refractivity contribution in [1.82, 2.24) is 0 Å². The molecule has 0 heterocycles. The first-order valence-electron chi connectivity index (χ1n) is 11.7. The molecule has 31 heavy (non-hydrogen) atoms. The quantitative estimate of drug-likeness (QED) is 0.433. The second kappa shape index (κ2) is 7.67. The van der Waals surface area contributed by atoms with E-state index in [0.717, 1.165) is 19.3 Å². The fourth-order valence-electron chi connectivity index (χ4n) is 8.10. The fraction of sp³-hybridized carbons (Fsp3) is 0.800. The molecule has 3 saturated carbocycles. The minimum atomic E-state index is -1.25. The van der Waals surface area contributed by atoms with E-state index in [2.05, 4.69) is 13.8 Å². The van der Waals surface area contributed by atoms with Gasteiger partial charge in [0.05, 0.1) is 5.88 Å². The van der Waals surface area contributed by atoms with Gasteiger partial charge in [-0.3, -0.25) is 14.4 Å². The largest absolute Gasteiger partial charge is 0.450 e. The van der Waals surface area contributed by atoms with Crippen molar-refractivity contribution < 1.29 is 23.5 Å². The topological polar surface area (TPSA) is 60.4 Å². The van der Waals surface area contributed by atoms with E-state index in [-0.39, 0.29) is 58.9 Å². The minimum absolute atomic E-state index is 0.0296. The molecular weight excluding hydrogens is 419 g/mol. The molecule has 0 radical (unpaired) electrons. The number of allylic oxidation sites excluding steroid dienone is 1. The fourth-order valence-corrected chi connectivity index (χ4v) is 8.30. The summed E-state index contributed by atoms with van der Waals surface area (Å²) in [7, 11) is 0. The Morgan fingerprint density at radius 3 is 2.58 bits per heavy atom. The highest BCUT2D eigenvalue weighted by Crippen LogP contribution is 2.69. The molecule has 3 fully saturated rings. The lowest BCUT2D eigenvalue weighted by Gasteiger charge is -2.59. The van der Waals surface area contributed by atoms with E-state index < -0.39 is 17.2 Å². The molecular formula is C25H34ClFO4. The third-order valence-electron chi connectivity index (χ3n) is 9.58. The molecule has 6 heteroatoms. The molecule has 4 rings (SSSR count). The van der Waals surface area contributed by atoms with Gasteiger partial charge in [-0.2, -0.15) is 0 Å². The van der Waals surface area contributed by atoms with Gasteiger partial charge in [0.25, 0.3) is 0 Å². The lowest BCUT2D eigenvalue weighted by molar-refractivity contribution is -0.194. The van der Waals surface area contributed by atoms with Crippen molar-refractivity contribution in [1.29, 1.82) is 0 Å². The second-order valence-electron chi connectivity index (χ2n) is 10.8. The Morgan fingerprint density at radius 1 is 1.23 bits per heavy atom. The third-order valence-corrected chi connectivity index (χ3v) is 9.82. The lowest BCUT2D eigenvalue weighted by Crippen LogP contribution is -2.61. The van der Waals surface area contributed by atoms with Gasteiger partial charge in [0, 0.05) is 24.2 Å². The molecule has 8 atom stereocenters. The molecule has 0 N–H and O–H groups in total. The first-order chi connectivity index (χ1) is 14.5. The normalized spacial score (nSPS) is 46.5. The van der Waals surface area contributed by atoms with Crippen LogP contribution in [0.4, 0.5) is 4.39 Å². The zero-order valence-corrected chi connectivity index (χ0v) is 19.8. The summed E-state index contributed by atoms with van der Waals surface area (Å²) in [5.74, 6) is -0.507. The van der Waals surface area contributed by atoms with Gasteiger partial charge >= 0.3 is 5.97 Å². The first-order valence-corrected chi connectivity index (χ1v) is 12.3. The number of carbonyl (C=O) groups excluding carboxylic acids is 3. The van der Waals surface area contributed by atoms with E-state index in [1.807, 2.05) is 6.92 Å². The molecule has 4 aliphatic rings. The highest BCUT2D eigenvalue weighted by Gasteiger charge is 2.71. The Morgan fingerprint density at radius 2 is 1.94 bits per heavy atom. The van der Waals surface area contributed by atoms with E-state index in [9.17, 15) is 14.4 Å². The van der Waals surface area contributed by atoms with Crippen LogP contribution in [-0.4, -0.2) is 35.2 Å². The van der Waals surface area contributed by atoms with Crippen LogP contribution in [0.1, 0.15) is 72.6 Å².